The molecule has 2 heterocycles. The number of pyridine rings is 1. The molecule has 0 unspecified atom stereocenters. The first-order valence-corrected chi connectivity index (χ1v) is 10.4. The van der Waals surface area contributed by atoms with E-state index in [1.807, 2.05) is 12.1 Å². The topological polar surface area (TPSA) is 97.7 Å². The largest absolute Gasteiger partial charge is 0.497 e. The van der Waals surface area contributed by atoms with Crippen LogP contribution in [0.25, 0.3) is 0 Å². The Kier molecular flexibility index (Phi) is 6.15. The zero-order chi connectivity index (χ0) is 20.1. The molecule has 150 valence electrons. The van der Waals surface area contributed by atoms with Crippen LogP contribution in [0.1, 0.15) is 18.4 Å². The Labute approximate surface area is 163 Å². The minimum Gasteiger partial charge on any atom is -0.497 e. The molecule has 0 saturated carbocycles. The smallest absolute Gasteiger partial charge is 0.251 e. The summed E-state index contributed by atoms with van der Waals surface area (Å²) >= 11 is 0. The van der Waals surface area contributed by atoms with Crippen LogP contribution in [-0.2, 0) is 27.9 Å². The van der Waals surface area contributed by atoms with Gasteiger partial charge in [0.2, 0.25) is 15.9 Å². The maximum Gasteiger partial charge on any atom is 0.251 e. The van der Waals surface area contributed by atoms with Crippen molar-refractivity contribution in [2.45, 2.75) is 30.8 Å². The standard InChI is InChI=1S/C19H23N3O5S/c1-27-16-6-4-15(5-7-16)12-20-18(23)14-21-13-17(8-9-19(21)24)28(25,26)22-10-2-3-11-22/h4-9,13H,2-3,10-12,14H2,1H3,(H,20,23). The van der Waals surface area contributed by atoms with Crippen LogP contribution in [0.2, 0.25) is 0 Å². The number of carbonyl (C=O) groups is 1. The van der Waals surface area contributed by atoms with Crippen LogP contribution in [0, 0.1) is 0 Å². The van der Waals surface area contributed by atoms with Crippen molar-refractivity contribution in [3.63, 3.8) is 0 Å². The maximum atomic E-state index is 12.6. The number of benzene rings is 1. The lowest BCUT2D eigenvalue weighted by Gasteiger charge is -2.16. The van der Waals surface area contributed by atoms with Gasteiger partial charge in [0.25, 0.3) is 5.56 Å². The maximum absolute atomic E-state index is 12.6. The van der Waals surface area contributed by atoms with Gasteiger partial charge < -0.3 is 14.6 Å². The summed E-state index contributed by atoms with van der Waals surface area (Å²) in [7, 11) is -2.07. The molecule has 1 fully saturated rings. The molecule has 1 amide bonds. The quantitative estimate of drug-likeness (QED) is 0.740. The second kappa shape index (κ2) is 8.57. The summed E-state index contributed by atoms with van der Waals surface area (Å²) in [5.41, 5.74) is 0.451. The van der Waals surface area contributed by atoms with E-state index < -0.39 is 15.6 Å². The van der Waals surface area contributed by atoms with Crippen molar-refractivity contribution in [2.24, 2.45) is 0 Å². The van der Waals surface area contributed by atoms with Crippen LogP contribution in [-0.4, -0.2) is 43.4 Å². The molecule has 1 saturated heterocycles. The first kappa shape index (κ1) is 20.1. The van der Waals surface area contributed by atoms with Crippen molar-refractivity contribution < 1.29 is 17.9 Å². The number of ether oxygens (including phenoxy) is 1. The summed E-state index contributed by atoms with van der Waals surface area (Å²) in [4.78, 5) is 24.3. The fraction of sp³-hybridized carbons (Fsp3) is 0.368. The summed E-state index contributed by atoms with van der Waals surface area (Å²) in [5, 5.41) is 2.73. The molecule has 3 rings (SSSR count). The molecular weight excluding hydrogens is 382 g/mol. The van der Waals surface area contributed by atoms with Crippen molar-refractivity contribution in [1.29, 1.82) is 0 Å². The number of nitrogens with one attached hydrogen (secondary N) is 1. The highest BCUT2D eigenvalue weighted by Gasteiger charge is 2.27. The highest BCUT2D eigenvalue weighted by Crippen LogP contribution is 2.19. The van der Waals surface area contributed by atoms with Gasteiger partial charge in [-0.25, -0.2) is 8.42 Å². The Balaban J connectivity index is 1.67. The average molecular weight is 405 g/mol. The average Bonchev–Trinajstić information content (AvgIpc) is 3.24. The van der Waals surface area contributed by atoms with Crippen LogP contribution in [0.4, 0.5) is 0 Å². The van der Waals surface area contributed by atoms with Crippen LogP contribution in [0.5, 0.6) is 5.75 Å². The van der Waals surface area contributed by atoms with E-state index in [2.05, 4.69) is 5.32 Å². The Hall–Kier alpha value is -2.65. The SMILES string of the molecule is COc1ccc(CNC(=O)Cn2cc(S(=O)(=O)N3CCCC3)ccc2=O)cc1. The van der Waals surface area contributed by atoms with Crippen LogP contribution in [0.15, 0.2) is 52.3 Å². The second-order valence-corrected chi connectivity index (χ2v) is 8.50. The Morgan fingerprint density at radius 3 is 2.43 bits per heavy atom. The summed E-state index contributed by atoms with van der Waals surface area (Å²) in [6.07, 6.45) is 2.89. The van der Waals surface area contributed by atoms with Gasteiger partial charge >= 0.3 is 0 Å². The molecule has 1 aliphatic rings. The molecule has 0 atom stereocenters. The predicted molar refractivity (Wildman–Crippen MR) is 104 cm³/mol. The van der Waals surface area contributed by atoms with E-state index in [1.54, 1.807) is 19.2 Å². The number of aromatic nitrogens is 1. The third-order valence-electron chi connectivity index (χ3n) is 4.62. The van der Waals surface area contributed by atoms with Gasteiger partial charge in [0.1, 0.15) is 12.3 Å². The predicted octanol–water partition coefficient (Wildman–Crippen LogP) is 0.958. The van der Waals surface area contributed by atoms with Gasteiger partial charge in [0.05, 0.1) is 12.0 Å². The van der Waals surface area contributed by atoms with E-state index >= 15 is 0 Å². The van der Waals surface area contributed by atoms with E-state index in [9.17, 15) is 18.0 Å². The highest BCUT2D eigenvalue weighted by atomic mass is 32.2. The molecule has 0 aliphatic carbocycles. The minimum atomic E-state index is -3.65. The number of sulfonamides is 1. The molecule has 28 heavy (non-hydrogen) atoms. The van der Waals surface area contributed by atoms with Gasteiger partial charge in [-0.2, -0.15) is 4.31 Å². The summed E-state index contributed by atoms with van der Waals surface area (Å²) < 4.78 is 32.9. The number of carbonyl (C=O) groups excluding carboxylic acids is 1. The van der Waals surface area contributed by atoms with Crippen LogP contribution in [0.3, 0.4) is 0 Å². The van der Waals surface area contributed by atoms with Gasteiger partial charge in [0.15, 0.2) is 0 Å². The molecule has 0 spiro atoms. The molecule has 1 aromatic carbocycles. The number of methoxy groups -OCH3 is 1. The van der Waals surface area contributed by atoms with Crippen molar-refractivity contribution in [2.75, 3.05) is 20.2 Å². The van der Waals surface area contributed by atoms with Crippen LogP contribution < -0.4 is 15.6 Å². The molecule has 1 aromatic heterocycles. The second-order valence-electron chi connectivity index (χ2n) is 6.57. The molecule has 8 nitrogen and oxygen atoms in total. The summed E-state index contributed by atoms with van der Waals surface area (Å²) in [6.45, 7) is 0.995. The molecule has 0 radical (unpaired) electrons. The van der Waals surface area contributed by atoms with E-state index in [4.69, 9.17) is 4.74 Å². The van der Waals surface area contributed by atoms with Crippen molar-refractivity contribution in [3.05, 3.63) is 58.5 Å². The zero-order valence-electron chi connectivity index (χ0n) is 15.6. The zero-order valence-corrected chi connectivity index (χ0v) is 16.4. The third-order valence-corrected chi connectivity index (χ3v) is 6.50. The van der Waals surface area contributed by atoms with E-state index in [0.717, 1.165) is 28.7 Å². The minimum absolute atomic E-state index is 0.0250. The van der Waals surface area contributed by atoms with Gasteiger partial charge in [-0.05, 0) is 36.6 Å². The Bertz CT molecular complexity index is 993. The fourth-order valence-electron chi connectivity index (χ4n) is 3.02. The van der Waals surface area contributed by atoms with Crippen molar-refractivity contribution in [1.82, 2.24) is 14.2 Å². The lowest BCUT2D eigenvalue weighted by Crippen LogP contribution is -2.33. The number of hydrogen-bond acceptors (Lipinski definition) is 5. The summed E-state index contributed by atoms with van der Waals surface area (Å²) in [5.74, 6) is 0.339. The molecule has 2 aromatic rings. The molecule has 1 N–H and O–H groups in total. The van der Waals surface area contributed by atoms with Gasteiger partial charge in [-0.1, -0.05) is 12.1 Å². The number of rotatable bonds is 7. The molecular formula is C19H23N3O5S. The van der Waals surface area contributed by atoms with E-state index in [-0.39, 0.29) is 17.3 Å². The van der Waals surface area contributed by atoms with E-state index in [1.165, 1.54) is 22.6 Å². The molecule has 1 aliphatic heterocycles. The monoisotopic (exact) mass is 405 g/mol. The highest BCUT2D eigenvalue weighted by molar-refractivity contribution is 7.89. The van der Waals surface area contributed by atoms with Gasteiger partial charge in [-0.15, -0.1) is 0 Å². The van der Waals surface area contributed by atoms with Crippen molar-refractivity contribution >= 4 is 15.9 Å². The molecule has 0 bridgehead atoms. The first-order chi connectivity index (χ1) is 13.4. The Morgan fingerprint density at radius 1 is 1.11 bits per heavy atom. The Morgan fingerprint density at radius 2 is 1.79 bits per heavy atom. The van der Waals surface area contributed by atoms with E-state index in [0.29, 0.717) is 19.6 Å². The normalized spacial score (nSPS) is 14.8. The summed E-state index contributed by atoms with van der Waals surface area (Å²) in [6, 6.07) is 9.71. The van der Waals surface area contributed by atoms with Crippen LogP contribution >= 0.6 is 0 Å². The lowest BCUT2D eigenvalue weighted by atomic mass is 10.2. The number of nitrogens with zero attached hydrogens (tertiary/aromatic N) is 2. The lowest BCUT2D eigenvalue weighted by molar-refractivity contribution is -0.121. The number of amides is 1. The van der Waals surface area contributed by atoms with Crippen molar-refractivity contribution in [3.8, 4) is 5.75 Å². The fourth-order valence-corrected chi connectivity index (χ4v) is 4.56. The van der Waals surface area contributed by atoms with Gasteiger partial charge in [-0.3, -0.25) is 9.59 Å². The van der Waals surface area contributed by atoms with Gasteiger partial charge in [0, 0.05) is 31.9 Å². The number of hydrogen-bond donors (Lipinski definition) is 1. The first-order valence-electron chi connectivity index (χ1n) is 9.00. The molecule has 9 heteroatoms. The third kappa shape index (κ3) is 4.60.